The van der Waals surface area contributed by atoms with E-state index in [0.717, 1.165) is 5.56 Å². The molecule has 0 aliphatic heterocycles. The maximum absolute atomic E-state index is 12.3. The van der Waals surface area contributed by atoms with Gasteiger partial charge in [0.05, 0.1) is 30.5 Å². The van der Waals surface area contributed by atoms with Crippen LogP contribution in [0, 0.1) is 6.92 Å². The third-order valence-electron chi connectivity index (χ3n) is 4.37. The van der Waals surface area contributed by atoms with Crippen molar-refractivity contribution >= 4 is 16.8 Å². The van der Waals surface area contributed by atoms with Crippen LogP contribution in [0.1, 0.15) is 34.5 Å². The average molecular weight is 437 g/mol. The highest BCUT2D eigenvalue weighted by atomic mass is 19.4. The number of hydrogen-bond donors (Lipinski definition) is 2. The summed E-state index contributed by atoms with van der Waals surface area (Å²) in [4.78, 5) is 20.6. The van der Waals surface area contributed by atoms with Crippen molar-refractivity contribution in [3.63, 3.8) is 0 Å². The van der Waals surface area contributed by atoms with E-state index in [4.69, 9.17) is 9.84 Å². The van der Waals surface area contributed by atoms with Crippen LogP contribution in [0.15, 0.2) is 30.7 Å². The molecule has 2 N–H and O–H groups in total. The lowest BCUT2D eigenvalue weighted by atomic mass is 10.2. The molecule has 0 spiro atoms. The van der Waals surface area contributed by atoms with Gasteiger partial charge in [0.25, 0.3) is 5.91 Å². The summed E-state index contributed by atoms with van der Waals surface area (Å²) in [6.07, 6.45) is -0.156. The van der Waals surface area contributed by atoms with E-state index in [1.54, 1.807) is 29.9 Å². The summed E-state index contributed by atoms with van der Waals surface area (Å²) >= 11 is 0. The van der Waals surface area contributed by atoms with Gasteiger partial charge in [0.2, 0.25) is 5.88 Å². The summed E-state index contributed by atoms with van der Waals surface area (Å²) in [5.41, 5.74) is 2.22. The molecule has 3 aromatic rings. The summed E-state index contributed by atoms with van der Waals surface area (Å²) in [5.74, 6) is -0.193. The fourth-order valence-corrected chi connectivity index (χ4v) is 2.93. The van der Waals surface area contributed by atoms with Gasteiger partial charge in [-0.15, -0.1) is 0 Å². The number of carbonyl (C=O) groups excluding carboxylic acids is 1. The third kappa shape index (κ3) is 6.14. The maximum Gasteiger partial charge on any atom is 0.392 e. The van der Waals surface area contributed by atoms with E-state index in [9.17, 15) is 18.0 Å². The van der Waals surface area contributed by atoms with Gasteiger partial charge in [-0.2, -0.15) is 18.3 Å². The second kappa shape index (κ2) is 9.73. The minimum atomic E-state index is -4.28. The zero-order chi connectivity index (χ0) is 22.4. The molecule has 8 nitrogen and oxygen atoms in total. The van der Waals surface area contributed by atoms with Gasteiger partial charge in [-0.3, -0.25) is 14.5 Å². The highest BCUT2D eigenvalue weighted by Crippen LogP contribution is 2.22. The van der Waals surface area contributed by atoms with Crippen molar-refractivity contribution in [2.45, 2.75) is 32.5 Å². The quantitative estimate of drug-likeness (QED) is 0.499. The van der Waals surface area contributed by atoms with Gasteiger partial charge in [-0.25, -0.2) is 4.98 Å². The van der Waals surface area contributed by atoms with E-state index in [1.807, 2.05) is 0 Å². The summed E-state index contributed by atoms with van der Waals surface area (Å²) in [7, 11) is 0. The molecule has 0 bridgehead atoms. The number of alkyl halides is 3. The van der Waals surface area contributed by atoms with Crippen LogP contribution in [0.2, 0.25) is 0 Å². The number of nitrogens with zero attached hydrogens (tertiary/aromatic N) is 4. The first-order chi connectivity index (χ1) is 14.8. The molecule has 0 radical (unpaired) electrons. The lowest BCUT2D eigenvalue weighted by Crippen LogP contribution is -2.26. The fraction of sp³-hybridized carbons (Fsp3) is 0.400. The number of nitrogens with one attached hydrogen (secondary N) is 1. The lowest BCUT2D eigenvalue weighted by Gasteiger charge is -2.11. The molecule has 0 aliphatic rings. The van der Waals surface area contributed by atoms with E-state index >= 15 is 0 Å². The second-order valence-corrected chi connectivity index (χ2v) is 6.93. The third-order valence-corrected chi connectivity index (χ3v) is 4.37. The van der Waals surface area contributed by atoms with Crippen LogP contribution in [0.3, 0.4) is 0 Å². The summed E-state index contributed by atoms with van der Waals surface area (Å²) in [6, 6.07) is 3.46. The Morgan fingerprint density at radius 2 is 2.13 bits per heavy atom. The molecule has 3 aromatic heterocycles. The minimum absolute atomic E-state index is 0.0184. The lowest BCUT2D eigenvalue weighted by molar-refractivity contribution is -0.139. The van der Waals surface area contributed by atoms with Gasteiger partial charge in [-0.1, -0.05) is 0 Å². The summed E-state index contributed by atoms with van der Waals surface area (Å²) in [6.45, 7) is 1.88. The number of rotatable bonds is 9. The minimum Gasteiger partial charge on any atom is -0.477 e. The van der Waals surface area contributed by atoms with E-state index in [1.165, 1.54) is 12.4 Å². The normalized spacial score (nSPS) is 11.6. The molecule has 31 heavy (non-hydrogen) atoms. The zero-order valence-electron chi connectivity index (χ0n) is 16.8. The molecule has 1 amide bonds. The Hall–Kier alpha value is -3.21. The van der Waals surface area contributed by atoms with Crippen molar-refractivity contribution in [2.75, 3.05) is 19.8 Å². The molecule has 0 aliphatic carbocycles. The number of pyridine rings is 2. The fourth-order valence-electron chi connectivity index (χ4n) is 2.93. The van der Waals surface area contributed by atoms with Gasteiger partial charge in [0, 0.05) is 37.3 Å². The van der Waals surface area contributed by atoms with Crippen LogP contribution in [-0.2, 0) is 6.54 Å². The molecule has 3 rings (SSSR count). The van der Waals surface area contributed by atoms with E-state index in [2.05, 4.69) is 20.4 Å². The number of amides is 1. The topological polar surface area (TPSA) is 102 Å². The van der Waals surface area contributed by atoms with Crippen LogP contribution in [0.4, 0.5) is 13.2 Å². The maximum atomic E-state index is 12.3. The molecule has 166 valence electrons. The second-order valence-electron chi connectivity index (χ2n) is 6.93. The zero-order valence-corrected chi connectivity index (χ0v) is 16.8. The van der Waals surface area contributed by atoms with Gasteiger partial charge in [-0.05, 0) is 31.0 Å². The van der Waals surface area contributed by atoms with Crippen LogP contribution in [0.5, 0.6) is 5.88 Å². The number of aliphatic hydroxyl groups excluding tert-OH is 1. The molecule has 0 saturated carbocycles. The molecular weight excluding hydrogens is 415 g/mol. The number of hydrogen-bond acceptors (Lipinski definition) is 6. The van der Waals surface area contributed by atoms with Crippen molar-refractivity contribution in [3.05, 3.63) is 47.5 Å². The molecule has 0 fully saturated rings. The number of aromatic nitrogens is 4. The molecular formula is C20H22F3N5O3. The molecule has 0 aromatic carbocycles. The van der Waals surface area contributed by atoms with Crippen molar-refractivity contribution in [2.24, 2.45) is 0 Å². The molecule has 0 unspecified atom stereocenters. The first-order valence-corrected chi connectivity index (χ1v) is 9.63. The Morgan fingerprint density at radius 1 is 1.32 bits per heavy atom. The van der Waals surface area contributed by atoms with Gasteiger partial charge >= 0.3 is 6.18 Å². The first kappa shape index (κ1) is 22.5. The Balaban J connectivity index is 1.71. The monoisotopic (exact) mass is 437 g/mol. The predicted molar refractivity (Wildman–Crippen MR) is 106 cm³/mol. The summed E-state index contributed by atoms with van der Waals surface area (Å²) in [5, 5.41) is 16.6. The number of fused-ring (bicyclic) bond motifs is 1. The number of aryl methyl sites for hydroxylation is 1. The van der Waals surface area contributed by atoms with Crippen LogP contribution in [-0.4, -0.2) is 56.7 Å². The standard InChI is InChI=1S/C20H22F3N5O3/c1-13-9-14(10-26-19(13)31-8-4-20(21,22)23)11-28-12-15-16(27-28)3-6-24-17(15)18(30)25-5-2-7-29/h3,6,9-10,12,29H,2,4-5,7-8,11H2,1H3,(H,25,30). The smallest absolute Gasteiger partial charge is 0.392 e. The molecule has 0 saturated heterocycles. The Kier molecular flexibility index (Phi) is 7.06. The van der Waals surface area contributed by atoms with Crippen molar-refractivity contribution in [3.8, 4) is 5.88 Å². The Morgan fingerprint density at radius 3 is 2.84 bits per heavy atom. The van der Waals surface area contributed by atoms with E-state index in [-0.39, 0.29) is 24.1 Å². The van der Waals surface area contributed by atoms with Gasteiger partial charge < -0.3 is 15.2 Å². The van der Waals surface area contributed by atoms with E-state index in [0.29, 0.717) is 36.0 Å². The van der Waals surface area contributed by atoms with Crippen LogP contribution in [0.25, 0.3) is 10.9 Å². The van der Waals surface area contributed by atoms with Gasteiger partial charge in [0.1, 0.15) is 5.69 Å². The SMILES string of the molecule is Cc1cc(Cn2cc3c(C(=O)NCCCO)nccc3n2)cnc1OCCC(F)(F)F. The van der Waals surface area contributed by atoms with Gasteiger partial charge in [0.15, 0.2) is 0 Å². The highest BCUT2D eigenvalue weighted by Gasteiger charge is 2.27. The number of ether oxygens (including phenoxy) is 1. The predicted octanol–water partition coefficient (Wildman–Crippen LogP) is 2.63. The highest BCUT2D eigenvalue weighted by molar-refractivity contribution is 6.04. The van der Waals surface area contributed by atoms with Crippen LogP contribution < -0.4 is 10.1 Å². The van der Waals surface area contributed by atoms with Crippen molar-refractivity contribution < 1.29 is 27.8 Å². The van der Waals surface area contributed by atoms with Crippen LogP contribution >= 0.6 is 0 Å². The van der Waals surface area contributed by atoms with Crippen molar-refractivity contribution in [1.29, 1.82) is 0 Å². The Bertz CT molecular complexity index is 1050. The van der Waals surface area contributed by atoms with E-state index < -0.39 is 19.2 Å². The number of aliphatic hydroxyl groups is 1. The van der Waals surface area contributed by atoms with Crippen molar-refractivity contribution in [1.82, 2.24) is 25.1 Å². The molecule has 0 atom stereocenters. The number of halogens is 3. The summed E-state index contributed by atoms with van der Waals surface area (Å²) < 4.78 is 43.5. The Labute approximate surface area is 176 Å². The molecule has 11 heteroatoms. The average Bonchev–Trinajstić information content (AvgIpc) is 3.11. The first-order valence-electron chi connectivity index (χ1n) is 9.63. The molecule has 3 heterocycles. The number of carbonyl (C=O) groups is 1. The largest absolute Gasteiger partial charge is 0.477 e.